The Morgan fingerprint density at radius 3 is 1.29 bits per heavy atom. The molecule has 0 saturated heterocycles. The van der Waals surface area contributed by atoms with Crippen LogP contribution in [0.4, 0.5) is 5.69 Å². The first kappa shape index (κ1) is 39.4. The van der Waals surface area contributed by atoms with E-state index in [9.17, 15) is 0 Å². The van der Waals surface area contributed by atoms with E-state index in [0.717, 1.165) is 100 Å². The minimum absolute atomic E-state index is 0.334. The van der Waals surface area contributed by atoms with Crippen molar-refractivity contribution in [3.63, 3.8) is 0 Å². The summed E-state index contributed by atoms with van der Waals surface area (Å²) in [7, 11) is 1.69. The van der Waals surface area contributed by atoms with Crippen LogP contribution >= 0.6 is 0 Å². The molecular formula is C57H48N4O2. The lowest BCUT2D eigenvalue weighted by molar-refractivity contribution is 0.228. The van der Waals surface area contributed by atoms with Crippen molar-refractivity contribution in [3.8, 4) is 50.3 Å². The van der Waals surface area contributed by atoms with Crippen molar-refractivity contribution in [3.05, 3.63) is 196 Å². The molecule has 0 amide bonds. The van der Waals surface area contributed by atoms with Crippen LogP contribution in [-0.4, -0.2) is 28.0 Å². The molecule has 10 rings (SSSR count). The van der Waals surface area contributed by atoms with E-state index < -0.39 is 0 Å². The molecular weight excluding hydrogens is 773 g/mol. The number of hydrogen-bond acceptors (Lipinski definition) is 4. The fraction of sp³-hybridized carbons (Fsp3) is 0.123. The number of fused-ring (bicyclic) bond motifs is 8. The van der Waals surface area contributed by atoms with Gasteiger partial charge in [0.15, 0.2) is 5.75 Å². The fourth-order valence-corrected chi connectivity index (χ4v) is 8.68. The Hall–Kier alpha value is -7.70. The number of nitrogens with zero attached hydrogens (tertiary/aromatic N) is 2. The normalized spacial score (nSPS) is 12.6. The lowest BCUT2D eigenvalue weighted by atomic mass is 9.97. The van der Waals surface area contributed by atoms with Gasteiger partial charge >= 0.3 is 0 Å². The minimum atomic E-state index is -0.334. The SMILES string of the molecule is COC1=Nc2c(OC(C)c3ccccc3)c1c(-c1ccc(C)cc1)c1ccc([nH]1)c(-c1ccc(C)cc1)c1nc(c(-c3ccc(C)cc3)c3ccc([nH]3)c2-c2ccc(C)cc2)C=C1. The van der Waals surface area contributed by atoms with Gasteiger partial charge in [0.2, 0.25) is 5.90 Å². The molecule has 1 unspecified atom stereocenters. The highest BCUT2D eigenvalue weighted by Crippen LogP contribution is 2.50. The molecule has 5 heterocycles. The van der Waals surface area contributed by atoms with E-state index in [1.165, 1.54) is 11.1 Å². The summed E-state index contributed by atoms with van der Waals surface area (Å²) in [6.45, 7) is 10.5. The van der Waals surface area contributed by atoms with Gasteiger partial charge in [0, 0.05) is 44.3 Å². The minimum Gasteiger partial charge on any atom is -0.483 e. The maximum absolute atomic E-state index is 7.33. The van der Waals surface area contributed by atoms with E-state index in [1.54, 1.807) is 7.11 Å². The van der Waals surface area contributed by atoms with Gasteiger partial charge in [0.1, 0.15) is 11.8 Å². The second-order valence-corrected chi connectivity index (χ2v) is 16.6. The number of H-pyrrole nitrogens is 2. The van der Waals surface area contributed by atoms with Gasteiger partial charge in [-0.2, -0.15) is 0 Å². The van der Waals surface area contributed by atoms with E-state index in [2.05, 4.69) is 190 Å². The van der Waals surface area contributed by atoms with Crippen LogP contribution in [0.3, 0.4) is 0 Å². The second-order valence-electron chi connectivity index (χ2n) is 16.6. The lowest BCUT2D eigenvalue weighted by Gasteiger charge is -2.18. The summed E-state index contributed by atoms with van der Waals surface area (Å²) in [4.78, 5) is 18.7. The summed E-state index contributed by atoms with van der Waals surface area (Å²) in [5.41, 5.74) is 20.4. The van der Waals surface area contributed by atoms with E-state index in [0.29, 0.717) is 17.3 Å². The molecule has 5 aromatic carbocycles. The predicted octanol–water partition coefficient (Wildman–Crippen LogP) is 14.9. The van der Waals surface area contributed by atoms with Crippen LogP contribution in [-0.2, 0) is 4.74 Å². The summed E-state index contributed by atoms with van der Waals surface area (Å²) in [5, 5.41) is 0. The van der Waals surface area contributed by atoms with Crippen molar-refractivity contribution in [1.82, 2.24) is 15.0 Å². The Morgan fingerprint density at radius 2 is 0.841 bits per heavy atom. The van der Waals surface area contributed by atoms with Crippen LogP contribution < -0.4 is 4.74 Å². The molecule has 0 aliphatic carbocycles. The average molecular weight is 821 g/mol. The van der Waals surface area contributed by atoms with Crippen molar-refractivity contribution >= 4 is 45.8 Å². The van der Waals surface area contributed by atoms with Gasteiger partial charge in [-0.3, -0.25) is 0 Å². The fourth-order valence-electron chi connectivity index (χ4n) is 8.68. The largest absolute Gasteiger partial charge is 0.483 e. The van der Waals surface area contributed by atoms with Gasteiger partial charge in [-0.25, -0.2) is 9.98 Å². The molecule has 0 spiro atoms. The Morgan fingerprint density at radius 1 is 0.444 bits per heavy atom. The summed E-state index contributed by atoms with van der Waals surface area (Å²) in [6, 6.07) is 53.5. The second kappa shape index (κ2) is 16.3. The summed E-state index contributed by atoms with van der Waals surface area (Å²) in [5.74, 6) is 1.09. The number of aliphatic imine (C=N–C) groups is 1. The zero-order chi connectivity index (χ0) is 43.2. The molecule has 2 N–H and O–H groups in total. The number of aromatic amines is 2. The number of nitrogens with one attached hydrogen (secondary N) is 2. The van der Waals surface area contributed by atoms with Gasteiger partial charge in [0.05, 0.1) is 24.1 Å². The zero-order valence-electron chi connectivity index (χ0n) is 36.4. The maximum Gasteiger partial charge on any atom is 0.225 e. The Labute approximate surface area is 368 Å². The van der Waals surface area contributed by atoms with Crippen LogP contribution in [0.5, 0.6) is 5.75 Å². The van der Waals surface area contributed by atoms with Crippen LogP contribution in [0.1, 0.15) is 57.8 Å². The molecule has 6 nitrogen and oxygen atoms in total. The van der Waals surface area contributed by atoms with Crippen LogP contribution in [0.2, 0.25) is 0 Å². The third-order valence-corrected chi connectivity index (χ3v) is 12.1. The molecule has 2 aliphatic rings. The first-order valence-electron chi connectivity index (χ1n) is 21.5. The molecule has 1 atom stereocenters. The third-order valence-electron chi connectivity index (χ3n) is 12.1. The van der Waals surface area contributed by atoms with Crippen molar-refractivity contribution < 1.29 is 9.47 Å². The van der Waals surface area contributed by atoms with Crippen LogP contribution in [0, 0.1) is 27.7 Å². The zero-order valence-corrected chi connectivity index (χ0v) is 36.4. The van der Waals surface area contributed by atoms with Crippen LogP contribution in [0.25, 0.3) is 78.7 Å². The molecule has 8 bridgehead atoms. The van der Waals surface area contributed by atoms with Gasteiger partial charge in [-0.1, -0.05) is 150 Å². The Bertz CT molecular complexity index is 3240. The van der Waals surface area contributed by atoms with E-state index in [4.69, 9.17) is 19.5 Å². The number of aryl methyl sites for hydroxylation is 4. The summed E-state index contributed by atoms with van der Waals surface area (Å²) < 4.78 is 13.7. The molecule has 8 aromatic rings. The first-order chi connectivity index (χ1) is 30.7. The molecule has 0 radical (unpaired) electrons. The number of ether oxygens (including phenoxy) is 2. The molecule has 6 heteroatoms. The number of aromatic nitrogens is 3. The van der Waals surface area contributed by atoms with Crippen molar-refractivity contribution in [1.29, 1.82) is 0 Å². The standard InChI is InChI=1S/C57H48N4O2/c1-34-12-20-40(21-13-34)50-44-28-29-45(58-44)51(41-22-14-35(2)15-23-41)47-31-33-49(60-47)53(43-26-18-37(4)19-27-43)55-56(63-38(5)39-10-8-7-9-11-39)54(57(61-55)62-6)52(48-32-30-46(50)59-48)42-24-16-36(3)17-25-42/h7-33,38,59-60H,1-6H3. The predicted molar refractivity (Wildman–Crippen MR) is 262 cm³/mol. The van der Waals surface area contributed by atoms with Crippen LogP contribution in [0.15, 0.2) is 157 Å². The van der Waals surface area contributed by atoms with Gasteiger partial charge in [-0.15, -0.1) is 0 Å². The summed E-state index contributed by atoms with van der Waals surface area (Å²) >= 11 is 0. The molecule has 63 heavy (non-hydrogen) atoms. The smallest absolute Gasteiger partial charge is 0.225 e. The average Bonchev–Trinajstić information content (AvgIpc) is 4.14. The number of hydrogen-bond donors (Lipinski definition) is 2. The van der Waals surface area contributed by atoms with E-state index >= 15 is 0 Å². The highest BCUT2D eigenvalue weighted by molar-refractivity contribution is 6.14. The molecule has 308 valence electrons. The monoisotopic (exact) mass is 820 g/mol. The number of methoxy groups -OCH3 is 1. The topological polar surface area (TPSA) is 75.3 Å². The molecule has 0 fully saturated rings. The highest BCUT2D eigenvalue weighted by atomic mass is 16.5. The van der Waals surface area contributed by atoms with Gasteiger partial charge in [0.25, 0.3) is 0 Å². The molecule has 0 saturated carbocycles. The van der Waals surface area contributed by atoms with E-state index in [-0.39, 0.29) is 6.10 Å². The maximum atomic E-state index is 7.33. The number of rotatable bonds is 7. The quantitative estimate of drug-likeness (QED) is 0.168. The third kappa shape index (κ3) is 7.44. The molecule has 3 aromatic heterocycles. The van der Waals surface area contributed by atoms with Crippen molar-refractivity contribution in [2.24, 2.45) is 4.99 Å². The van der Waals surface area contributed by atoms with Crippen molar-refractivity contribution in [2.75, 3.05) is 7.11 Å². The lowest BCUT2D eigenvalue weighted by Crippen LogP contribution is -2.07. The Kier molecular flexibility index (Phi) is 10.2. The van der Waals surface area contributed by atoms with E-state index in [1.807, 2.05) is 18.2 Å². The number of benzene rings is 5. The van der Waals surface area contributed by atoms with Crippen molar-refractivity contribution in [2.45, 2.75) is 40.7 Å². The summed E-state index contributed by atoms with van der Waals surface area (Å²) in [6.07, 6.45) is 3.95. The van der Waals surface area contributed by atoms with Gasteiger partial charge < -0.3 is 19.4 Å². The molecule has 2 aliphatic heterocycles. The Balaban J connectivity index is 1.44. The first-order valence-corrected chi connectivity index (χ1v) is 21.5. The highest BCUT2D eigenvalue weighted by Gasteiger charge is 2.31. The van der Waals surface area contributed by atoms with Gasteiger partial charge in [-0.05, 0) is 98.9 Å².